The Morgan fingerprint density at radius 2 is 2.00 bits per heavy atom. The van der Waals surface area contributed by atoms with E-state index in [0.29, 0.717) is 5.92 Å². The molecule has 5 heterocycles. The third kappa shape index (κ3) is 3.34. The number of carbonyl (C=O) groups excluding carboxylic acids is 1. The Morgan fingerprint density at radius 3 is 2.79 bits per heavy atom. The molecule has 1 fully saturated rings. The second-order valence-corrected chi connectivity index (χ2v) is 8.26. The summed E-state index contributed by atoms with van der Waals surface area (Å²) in [5, 5.41) is 14.7. The average molecular weight is 440 g/mol. The summed E-state index contributed by atoms with van der Waals surface area (Å²) in [5.74, 6) is 2.11. The smallest absolute Gasteiger partial charge is 0.346 e. The van der Waals surface area contributed by atoms with Gasteiger partial charge >= 0.3 is 6.03 Å². The van der Waals surface area contributed by atoms with Gasteiger partial charge in [-0.05, 0) is 49.4 Å². The van der Waals surface area contributed by atoms with Crippen molar-refractivity contribution in [3.8, 4) is 11.4 Å². The molecule has 1 aromatic carbocycles. The van der Waals surface area contributed by atoms with E-state index in [4.69, 9.17) is 4.98 Å². The summed E-state index contributed by atoms with van der Waals surface area (Å²) in [6, 6.07) is 7.70. The third-order valence-electron chi connectivity index (χ3n) is 6.42. The Hall–Kier alpha value is -4.08. The highest BCUT2D eigenvalue weighted by atomic mass is 16.2. The monoisotopic (exact) mass is 440 g/mol. The number of benzene rings is 1. The van der Waals surface area contributed by atoms with Gasteiger partial charge in [-0.25, -0.2) is 19.7 Å². The summed E-state index contributed by atoms with van der Waals surface area (Å²) in [4.78, 5) is 27.9. The molecule has 0 spiro atoms. The molecule has 10 nitrogen and oxygen atoms in total. The number of piperidine rings is 1. The molecule has 33 heavy (non-hydrogen) atoms. The average Bonchev–Trinajstić information content (AvgIpc) is 3.43. The lowest BCUT2D eigenvalue weighted by molar-refractivity contribution is 0.256. The summed E-state index contributed by atoms with van der Waals surface area (Å²) in [6.07, 6.45) is 6.99. The van der Waals surface area contributed by atoms with Crippen LogP contribution in [0, 0.1) is 0 Å². The zero-order valence-electron chi connectivity index (χ0n) is 18.1. The van der Waals surface area contributed by atoms with Crippen molar-refractivity contribution in [3.63, 3.8) is 0 Å². The molecule has 0 atom stereocenters. The number of hydrogen-bond donors (Lipinski definition) is 1. The number of hydrogen-bond acceptors (Lipinski definition) is 7. The minimum absolute atomic E-state index is 0.293. The lowest BCUT2D eigenvalue weighted by Gasteiger charge is -2.33. The van der Waals surface area contributed by atoms with Crippen molar-refractivity contribution >= 4 is 34.4 Å². The molecule has 6 rings (SSSR count). The molecule has 0 bridgehead atoms. The summed E-state index contributed by atoms with van der Waals surface area (Å²) < 4.78 is 2.09. The number of nitrogens with zero attached hydrogens (tertiary/aromatic N) is 8. The number of amides is 2. The van der Waals surface area contributed by atoms with Crippen LogP contribution in [0.2, 0.25) is 0 Å². The van der Waals surface area contributed by atoms with Gasteiger partial charge in [0.1, 0.15) is 12.2 Å². The normalized spacial score (nSPS) is 16.0. The standard InChI is InChI=1S/C23H22N9O/c1-2-32-20(16-5-8-26-27-12-16)30-19-21(24-13-25-22(19)32)31-9-6-14(7-10-31)15-3-4-17-18(11-15)29-23(33)28-17/h3-5,8,11-14H,2,6-7,9-10H2,1H3,(H,28,33). The van der Waals surface area contributed by atoms with Crippen LogP contribution in [0.1, 0.15) is 31.2 Å². The molecule has 1 radical (unpaired) electrons. The predicted octanol–water partition coefficient (Wildman–Crippen LogP) is 3.47. The number of nitrogens with one attached hydrogen (secondary N) is 1. The second kappa shape index (κ2) is 7.80. The first kappa shape index (κ1) is 19.6. The van der Waals surface area contributed by atoms with Gasteiger partial charge in [0.15, 0.2) is 17.0 Å². The van der Waals surface area contributed by atoms with E-state index in [9.17, 15) is 4.79 Å². The fraction of sp³-hybridized carbons (Fsp3) is 0.304. The van der Waals surface area contributed by atoms with Crippen molar-refractivity contribution in [2.75, 3.05) is 23.3 Å². The van der Waals surface area contributed by atoms with Gasteiger partial charge in [-0.1, -0.05) is 6.07 Å². The highest BCUT2D eigenvalue weighted by Crippen LogP contribution is 2.36. The van der Waals surface area contributed by atoms with E-state index in [1.165, 1.54) is 5.56 Å². The number of rotatable bonds is 4. The summed E-state index contributed by atoms with van der Waals surface area (Å²) in [6.45, 7) is 4.56. The molecule has 1 N–H and O–H groups in total. The van der Waals surface area contributed by atoms with E-state index in [2.05, 4.69) is 53.3 Å². The van der Waals surface area contributed by atoms with E-state index < -0.39 is 0 Å². The van der Waals surface area contributed by atoms with Gasteiger partial charge in [0, 0.05) is 25.2 Å². The Bertz CT molecular complexity index is 1340. The first-order valence-corrected chi connectivity index (χ1v) is 11.1. The summed E-state index contributed by atoms with van der Waals surface area (Å²) >= 11 is 0. The van der Waals surface area contributed by atoms with E-state index in [-0.39, 0.29) is 6.03 Å². The highest BCUT2D eigenvalue weighted by Gasteiger charge is 2.27. The molecule has 3 aromatic heterocycles. The molecule has 0 saturated carbocycles. The van der Waals surface area contributed by atoms with Crippen LogP contribution >= 0.6 is 0 Å². The fourth-order valence-corrected chi connectivity index (χ4v) is 4.78. The second-order valence-electron chi connectivity index (χ2n) is 8.26. The van der Waals surface area contributed by atoms with Crippen LogP contribution in [0.5, 0.6) is 0 Å². The van der Waals surface area contributed by atoms with Crippen molar-refractivity contribution in [1.82, 2.24) is 35.0 Å². The highest BCUT2D eigenvalue weighted by molar-refractivity contribution is 6.02. The van der Waals surface area contributed by atoms with E-state index in [1.54, 1.807) is 18.7 Å². The maximum atomic E-state index is 11.5. The number of aryl methyl sites for hydroxylation is 1. The van der Waals surface area contributed by atoms with E-state index in [0.717, 1.165) is 72.2 Å². The summed E-state index contributed by atoms with van der Waals surface area (Å²) in [5.41, 5.74) is 5.30. The van der Waals surface area contributed by atoms with Crippen molar-refractivity contribution in [3.05, 3.63) is 48.5 Å². The molecule has 2 aliphatic heterocycles. The molecule has 2 aliphatic rings. The van der Waals surface area contributed by atoms with Gasteiger partial charge in [-0.2, -0.15) is 15.5 Å². The maximum absolute atomic E-state index is 11.5. The Morgan fingerprint density at radius 1 is 1.12 bits per heavy atom. The topological polar surface area (TPSA) is 116 Å². The molecule has 165 valence electrons. The zero-order chi connectivity index (χ0) is 22.4. The van der Waals surface area contributed by atoms with Gasteiger partial charge in [0.05, 0.1) is 23.8 Å². The molecule has 4 aromatic rings. The zero-order valence-corrected chi connectivity index (χ0v) is 18.1. The fourth-order valence-electron chi connectivity index (χ4n) is 4.78. The minimum atomic E-state index is -0.293. The molecule has 0 aliphatic carbocycles. The molecule has 2 amide bonds. The van der Waals surface area contributed by atoms with Crippen LogP contribution in [-0.4, -0.2) is 48.8 Å². The number of urea groups is 1. The Labute approximate surface area is 190 Å². The van der Waals surface area contributed by atoms with Crippen LogP contribution in [0.4, 0.5) is 22.0 Å². The quantitative estimate of drug-likeness (QED) is 0.516. The maximum Gasteiger partial charge on any atom is 0.346 e. The number of aromatic nitrogens is 6. The van der Waals surface area contributed by atoms with Gasteiger partial charge in [-0.15, -0.1) is 0 Å². The van der Waals surface area contributed by atoms with Gasteiger partial charge in [-0.3, -0.25) is 0 Å². The minimum Gasteiger partial charge on any atom is -0.355 e. The SMILES string of the molecule is CCn1c(-c2ccnnc2)nc2c(N3CCC(c4ccc5c(c4)[N]C(=O)N5)CC3)ncnc21. The lowest BCUT2D eigenvalue weighted by Crippen LogP contribution is -2.33. The van der Waals surface area contributed by atoms with Gasteiger partial charge in [0.2, 0.25) is 0 Å². The number of fused-ring (bicyclic) bond motifs is 2. The number of carbonyl (C=O) groups is 1. The van der Waals surface area contributed by atoms with E-state index >= 15 is 0 Å². The van der Waals surface area contributed by atoms with Crippen molar-refractivity contribution in [1.29, 1.82) is 0 Å². The molecular formula is C23H22N9O. The number of imidazole rings is 1. The van der Waals surface area contributed by atoms with Gasteiger partial charge in [0.25, 0.3) is 0 Å². The van der Waals surface area contributed by atoms with Crippen LogP contribution in [0.15, 0.2) is 43.0 Å². The molecule has 10 heteroatoms. The molecule has 1 saturated heterocycles. The largest absolute Gasteiger partial charge is 0.355 e. The first-order valence-electron chi connectivity index (χ1n) is 11.1. The lowest BCUT2D eigenvalue weighted by atomic mass is 9.89. The first-order chi connectivity index (χ1) is 16.2. The van der Waals surface area contributed by atoms with Crippen molar-refractivity contribution < 1.29 is 4.79 Å². The van der Waals surface area contributed by atoms with Crippen molar-refractivity contribution in [2.24, 2.45) is 0 Å². The third-order valence-corrected chi connectivity index (χ3v) is 6.42. The van der Waals surface area contributed by atoms with E-state index in [1.807, 2.05) is 18.2 Å². The number of anilines is 2. The van der Waals surface area contributed by atoms with Crippen LogP contribution in [-0.2, 0) is 6.54 Å². The van der Waals surface area contributed by atoms with Crippen LogP contribution in [0.25, 0.3) is 22.6 Å². The van der Waals surface area contributed by atoms with Crippen LogP contribution in [0.3, 0.4) is 0 Å². The molecule has 0 unspecified atom stereocenters. The predicted molar refractivity (Wildman–Crippen MR) is 123 cm³/mol. The molecular weight excluding hydrogens is 418 g/mol. The summed E-state index contributed by atoms with van der Waals surface area (Å²) in [7, 11) is 0. The van der Waals surface area contributed by atoms with Gasteiger partial charge < -0.3 is 14.8 Å². The Kier molecular flexibility index (Phi) is 4.63. The van der Waals surface area contributed by atoms with Crippen LogP contribution < -0.4 is 15.5 Å². The van der Waals surface area contributed by atoms with Crippen molar-refractivity contribution in [2.45, 2.75) is 32.2 Å². The Balaban J connectivity index is 1.27.